The van der Waals surface area contributed by atoms with Crippen LogP contribution in [-0.2, 0) is 6.54 Å². The van der Waals surface area contributed by atoms with Crippen LogP contribution >= 0.6 is 23.2 Å². The maximum atomic E-state index is 6.06. The van der Waals surface area contributed by atoms with E-state index in [0.717, 1.165) is 11.1 Å². The van der Waals surface area contributed by atoms with E-state index in [4.69, 9.17) is 23.2 Å². The third kappa shape index (κ3) is 2.69. The summed E-state index contributed by atoms with van der Waals surface area (Å²) >= 11 is 12.1. The molecule has 3 rings (SSSR count). The van der Waals surface area contributed by atoms with Gasteiger partial charge in [-0.2, -0.15) is 0 Å². The number of hydrogen-bond donors (Lipinski definition) is 1. The summed E-state index contributed by atoms with van der Waals surface area (Å²) in [6.45, 7) is 0.705. The van der Waals surface area contributed by atoms with Crippen LogP contribution in [0.25, 0.3) is 10.9 Å². The monoisotopic (exact) mass is 303 g/mol. The molecule has 0 saturated heterocycles. The zero-order valence-electron chi connectivity index (χ0n) is 10.5. The van der Waals surface area contributed by atoms with Crippen LogP contribution < -0.4 is 5.32 Å². The average Bonchev–Trinajstić information content (AvgIpc) is 2.47. The lowest BCUT2D eigenvalue weighted by Crippen LogP contribution is -2.01. The molecule has 5 heteroatoms. The Hall–Kier alpha value is -1.84. The van der Waals surface area contributed by atoms with Gasteiger partial charge in [0.1, 0.15) is 10.7 Å². The summed E-state index contributed by atoms with van der Waals surface area (Å²) in [5.74, 6) is 0. The summed E-state index contributed by atoms with van der Waals surface area (Å²) in [7, 11) is 0. The fourth-order valence-corrected chi connectivity index (χ4v) is 2.42. The fraction of sp³-hybridized carbons (Fsp3) is 0.0667. The van der Waals surface area contributed by atoms with Gasteiger partial charge in [-0.3, -0.25) is 0 Å². The molecule has 0 radical (unpaired) electrons. The van der Waals surface area contributed by atoms with Gasteiger partial charge < -0.3 is 5.32 Å². The van der Waals surface area contributed by atoms with Crippen LogP contribution in [0.15, 0.2) is 48.7 Å². The molecule has 20 heavy (non-hydrogen) atoms. The first-order valence-electron chi connectivity index (χ1n) is 6.12. The van der Waals surface area contributed by atoms with Crippen molar-refractivity contribution in [2.24, 2.45) is 0 Å². The molecule has 0 aliphatic heterocycles. The highest BCUT2D eigenvalue weighted by Gasteiger charge is 2.08. The number of pyridine rings is 2. The molecular formula is C15H11Cl2N3. The number of anilines is 1. The first kappa shape index (κ1) is 13.2. The molecule has 3 aromatic rings. The second-order valence-corrected chi connectivity index (χ2v) is 5.07. The minimum atomic E-state index is 0.354. The quantitative estimate of drug-likeness (QED) is 0.721. The summed E-state index contributed by atoms with van der Waals surface area (Å²) in [5.41, 5.74) is 2.69. The maximum Gasteiger partial charge on any atom is 0.155 e. The molecule has 100 valence electrons. The molecule has 0 spiro atoms. The van der Waals surface area contributed by atoms with E-state index in [1.54, 1.807) is 12.3 Å². The first-order chi connectivity index (χ1) is 9.74. The smallest absolute Gasteiger partial charge is 0.155 e. The third-order valence-electron chi connectivity index (χ3n) is 2.98. The summed E-state index contributed by atoms with van der Waals surface area (Å²) in [6.07, 6.45) is 1.66. The SMILES string of the molecule is Clc1cc(NCc2ccccc2)c2ccnc(Cl)c2n1. The van der Waals surface area contributed by atoms with Gasteiger partial charge in [0.2, 0.25) is 0 Å². The van der Waals surface area contributed by atoms with Crippen LogP contribution in [0.3, 0.4) is 0 Å². The summed E-state index contributed by atoms with van der Waals surface area (Å²) in [4.78, 5) is 8.25. The topological polar surface area (TPSA) is 37.8 Å². The van der Waals surface area contributed by atoms with Crippen molar-refractivity contribution in [2.75, 3.05) is 5.32 Å². The highest BCUT2D eigenvalue weighted by atomic mass is 35.5. The molecule has 0 saturated carbocycles. The molecule has 2 aromatic heterocycles. The molecule has 0 aliphatic carbocycles. The van der Waals surface area contributed by atoms with Crippen molar-refractivity contribution in [3.63, 3.8) is 0 Å². The molecule has 2 heterocycles. The Kier molecular flexibility index (Phi) is 3.72. The predicted octanol–water partition coefficient (Wildman–Crippen LogP) is 4.55. The van der Waals surface area contributed by atoms with E-state index in [1.165, 1.54) is 5.56 Å². The van der Waals surface area contributed by atoms with Crippen molar-refractivity contribution < 1.29 is 0 Å². The number of fused-ring (bicyclic) bond motifs is 1. The van der Waals surface area contributed by atoms with Crippen LogP contribution in [0.2, 0.25) is 10.3 Å². The van der Waals surface area contributed by atoms with E-state index in [9.17, 15) is 0 Å². The van der Waals surface area contributed by atoms with Gasteiger partial charge in [-0.1, -0.05) is 53.5 Å². The third-order valence-corrected chi connectivity index (χ3v) is 3.45. The number of aromatic nitrogens is 2. The normalized spacial score (nSPS) is 10.7. The fourth-order valence-electron chi connectivity index (χ4n) is 2.03. The first-order valence-corrected chi connectivity index (χ1v) is 6.88. The van der Waals surface area contributed by atoms with Crippen molar-refractivity contribution in [3.05, 3.63) is 64.5 Å². The molecule has 0 atom stereocenters. The van der Waals surface area contributed by atoms with Crippen molar-refractivity contribution >= 4 is 39.8 Å². The minimum Gasteiger partial charge on any atom is -0.380 e. The zero-order valence-corrected chi connectivity index (χ0v) is 12.0. The highest BCUT2D eigenvalue weighted by molar-refractivity contribution is 6.35. The summed E-state index contributed by atoms with van der Waals surface area (Å²) in [6, 6.07) is 13.8. The molecule has 0 fully saturated rings. The maximum absolute atomic E-state index is 6.06. The van der Waals surface area contributed by atoms with Crippen molar-refractivity contribution in [1.29, 1.82) is 0 Å². The number of halogens is 2. The van der Waals surface area contributed by atoms with Gasteiger partial charge in [-0.15, -0.1) is 0 Å². The second-order valence-electron chi connectivity index (χ2n) is 4.33. The Morgan fingerprint density at radius 3 is 2.65 bits per heavy atom. The lowest BCUT2D eigenvalue weighted by molar-refractivity contribution is 1.15. The lowest BCUT2D eigenvalue weighted by atomic mass is 10.2. The van der Waals surface area contributed by atoms with E-state index < -0.39 is 0 Å². The van der Waals surface area contributed by atoms with Gasteiger partial charge in [-0.05, 0) is 17.7 Å². The van der Waals surface area contributed by atoms with Gasteiger partial charge >= 0.3 is 0 Å². The Morgan fingerprint density at radius 2 is 1.85 bits per heavy atom. The highest BCUT2D eigenvalue weighted by Crippen LogP contribution is 2.28. The van der Waals surface area contributed by atoms with E-state index >= 15 is 0 Å². The zero-order chi connectivity index (χ0) is 13.9. The van der Waals surface area contributed by atoms with Gasteiger partial charge in [0.25, 0.3) is 0 Å². The lowest BCUT2D eigenvalue weighted by Gasteiger charge is -2.10. The van der Waals surface area contributed by atoms with Gasteiger partial charge in [-0.25, -0.2) is 9.97 Å². The Bertz CT molecular complexity index is 745. The number of hydrogen-bond acceptors (Lipinski definition) is 3. The van der Waals surface area contributed by atoms with Crippen molar-refractivity contribution in [3.8, 4) is 0 Å². The van der Waals surface area contributed by atoms with Crippen LogP contribution in [0.5, 0.6) is 0 Å². The van der Waals surface area contributed by atoms with Crippen molar-refractivity contribution in [1.82, 2.24) is 9.97 Å². The van der Waals surface area contributed by atoms with Crippen LogP contribution in [0.1, 0.15) is 5.56 Å². The van der Waals surface area contributed by atoms with Gasteiger partial charge in [0.15, 0.2) is 5.15 Å². The molecule has 0 unspecified atom stereocenters. The molecule has 1 aromatic carbocycles. The van der Waals surface area contributed by atoms with Crippen LogP contribution in [0, 0.1) is 0 Å². The molecule has 0 aliphatic rings. The summed E-state index contributed by atoms with van der Waals surface area (Å²) in [5, 5.41) is 5.01. The molecular weight excluding hydrogens is 293 g/mol. The largest absolute Gasteiger partial charge is 0.380 e. The second kappa shape index (κ2) is 5.65. The van der Waals surface area contributed by atoms with Gasteiger partial charge in [0.05, 0.1) is 0 Å². The Balaban J connectivity index is 1.97. The number of benzene rings is 1. The van der Waals surface area contributed by atoms with E-state index in [1.807, 2.05) is 24.3 Å². The number of nitrogens with zero attached hydrogens (tertiary/aromatic N) is 2. The number of nitrogens with one attached hydrogen (secondary N) is 1. The standard InChI is InChI=1S/C15H11Cl2N3/c16-13-8-12(19-9-10-4-2-1-3-5-10)11-6-7-18-15(17)14(11)20-13/h1-8H,9H2,(H,19,20). The predicted molar refractivity (Wildman–Crippen MR) is 83.3 cm³/mol. The molecule has 3 nitrogen and oxygen atoms in total. The minimum absolute atomic E-state index is 0.354. The summed E-state index contributed by atoms with van der Waals surface area (Å²) < 4.78 is 0. The molecule has 0 bridgehead atoms. The Morgan fingerprint density at radius 1 is 1.05 bits per heavy atom. The Labute approximate surface area is 126 Å². The van der Waals surface area contributed by atoms with E-state index in [2.05, 4.69) is 27.4 Å². The van der Waals surface area contributed by atoms with Crippen LogP contribution in [0.4, 0.5) is 5.69 Å². The average molecular weight is 304 g/mol. The van der Waals surface area contributed by atoms with Crippen molar-refractivity contribution in [2.45, 2.75) is 6.54 Å². The number of rotatable bonds is 3. The molecule has 0 amide bonds. The van der Waals surface area contributed by atoms with Crippen LogP contribution in [-0.4, -0.2) is 9.97 Å². The van der Waals surface area contributed by atoms with Gasteiger partial charge in [0, 0.05) is 23.8 Å². The van der Waals surface area contributed by atoms with E-state index in [0.29, 0.717) is 22.4 Å². The van der Waals surface area contributed by atoms with E-state index in [-0.39, 0.29) is 0 Å². The molecule has 1 N–H and O–H groups in total.